The number of hydrazine groups is 1. The van der Waals surface area contributed by atoms with Crippen molar-refractivity contribution in [2.45, 2.75) is 18.9 Å². The number of hydrogen-bond acceptors (Lipinski definition) is 3. The number of nitrogens with zero attached hydrogens (tertiary/aromatic N) is 1. The molecule has 0 aromatic rings. The molecule has 0 aromatic carbocycles. The van der Waals surface area contributed by atoms with Gasteiger partial charge in [0.25, 0.3) is 0 Å². The predicted octanol–water partition coefficient (Wildman–Crippen LogP) is -0.0828. The molecule has 0 radical (unpaired) electrons. The van der Waals surface area contributed by atoms with Gasteiger partial charge in [-0.3, -0.25) is 5.43 Å². The summed E-state index contributed by atoms with van der Waals surface area (Å²) in [6, 6.07) is 0. The molecule has 1 fully saturated rings. The van der Waals surface area contributed by atoms with Crippen molar-refractivity contribution in [2.75, 3.05) is 26.3 Å². The maximum Gasteiger partial charge on any atom is 0.117 e. The number of aliphatic hydroxyl groups excluding tert-OH is 1. The van der Waals surface area contributed by atoms with Crippen LogP contribution in [-0.4, -0.2) is 42.5 Å². The van der Waals surface area contributed by atoms with Crippen LogP contribution >= 0.6 is 0 Å². The van der Waals surface area contributed by atoms with E-state index >= 15 is 0 Å². The second kappa shape index (κ2) is 4.64. The third-order valence-corrected chi connectivity index (χ3v) is 1.80. The van der Waals surface area contributed by atoms with Gasteiger partial charge >= 0.3 is 0 Å². The largest absolute Gasteiger partial charge is 0.389 e. The summed E-state index contributed by atoms with van der Waals surface area (Å²) in [5.41, 5.74) is 3.09. The fraction of sp³-hybridized carbons (Fsp3) is 1.00. The van der Waals surface area contributed by atoms with Crippen molar-refractivity contribution in [1.29, 1.82) is 0 Å². The molecule has 66 valence electrons. The van der Waals surface area contributed by atoms with Crippen LogP contribution in [0.4, 0.5) is 4.39 Å². The second-order valence-corrected chi connectivity index (χ2v) is 2.87. The van der Waals surface area contributed by atoms with Gasteiger partial charge in [-0.15, -0.1) is 0 Å². The highest BCUT2D eigenvalue weighted by atomic mass is 19.1. The van der Waals surface area contributed by atoms with E-state index in [2.05, 4.69) is 5.43 Å². The van der Waals surface area contributed by atoms with Crippen molar-refractivity contribution in [1.82, 2.24) is 10.4 Å². The van der Waals surface area contributed by atoms with Crippen LogP contribution in [0, 0.1) is 0 Å². The lowest BCUT2D eigenvalue weighted by molar-refractivity contribution is 0.0531. The maximum absolute atomic E-state index is 11.8. The van der Waals surface area contributed by atoms with E-state index in [0.29, 0.717) is 6.54 Å². The van der Waals surface area contributed by atoms with Gasteiger partial charge in [-0.2, -0.15) is 0 Å². The standard InChI is InChI=1S/C7H15FN2O/c8-5-7(11)6-10-4-2-1-3-9-10/h7,9,11H,1-6H2. The molecule has 2 N–H and O–H groups in total. The van der Waals surface area contributed by atoms with E-state index < -0.39 is 12.8 Å². The lowest BCUT2D eigenvalue weighted by atomic mass is 10.2. The first-order valence-corrected chi connectivity index (χ1v) is 4.05. The fourth-order valence-electron chi connectivity index (χ4n) is 1.20. The van der Waals surface area contributed by atoms with Crippen LogP contribution in [0.3, 0.4) is 0 Å². The van der Waals surface area contributed by atoms with Gasteiger partial charge in [0.2, 0.25) is 0 Å². The molecule has 1 aliphatic heterocycles. The SMILES string of the molecule is OC(CF)CN1CCCCN1. The number of rotatable bonds is 3. The summed E-state index contributed by atoms with van der Waals surface area (Å²) in [6.45, 7) is 1.60. The van der Waals surface area contributed by atoms with Gasteiger partial charge in [0, 0.05) is 19.6 Å². The molecule has 3 nitrogen and oxygen atoms in total. The minimum absolute atomic E-state index is 0.399. The normalized spacial score (nSPS) is 23.5. The van der Waals surface area contributed by atoms with Crippen LogP contribution in [0.15, 0.2) is 0 Å². The number of β-amino-alcohol motifs (C(OH)–C–C–N with tert-alkyl or cyclic N) is 1. The van der Waals surface area contributed by atoms with E-state index in [9.17, 15) is 4.39 Å². The van der Waals surface area contributed by atoms with Crippen LogP contribution in [0.25, 0.3) is 0 Å². The zero-order valence-corrected chi connectivity index (χ0v) is 6.59. The highest BCUT2D eigenvalue weighted by Gasteiger charge is 2.13. The summed E-state index contributed by atoms with van der Waals surface area (Å²) in [7, 11) is 0. The average molecular weight is 162 g/mol. The first-order chi connectivity index (χ1) is 5.33. The summed E-state index contributed by atoms with van der Waals surface area (Å²) in [6.07, 6.45) is 1.47. The Morgan fingerprint density at radius 2 is 2.36 bits per heavy atom. The quantitative estimate of drug-likeness (QED) is 0.609. The lowest BCUT2D eigenvalue weighted by Gasteiger charge is -2.28. The number of nitrogens with one attached hydrogen (secondary N) is 1. The third kappa shape index (κ3) is 3.14. The molecule has 11 heavy (non-hydrogen) atoms. The molecule has 1 rings (SSSR count). The molecule has 1 unspecified atom stereocenters. The van der Waals surface area contributed by atoms with Crippen molar-refractivity contribution in [3.8, 4) is 0 Å². The number of halogens is 1. The average Bonchev–Trinajstić information content (AvgIpc) is 2.06. The highest BCUT2D eigenvalue weighted by Crippen LogP contribution is 2.00. The monoisotopic (exact) mass is 162 g/mol. The van der Waals surface area contributed by atoms with Crippen LogP contribution in [0.2, 0.25) is 0 Å². The summed E-state index contributed by atoms with van der Waals surface area (Å²) in [5.74, 6) is 0. The molecule has 0 saturated carbocycles. The number of hydrogen-bond donors (Lipinski definition) is 2. The molecule has 4 heteroatoms. The van der Waals surface area contributed by atoms with E-state index in [1.54, 1.807) is 0 Å². The molecule has 0 aliphatic carbocycles. The van der Waals surface area contributed by atoms with Crippen LogP contribution < -0.4 is 5.43 Å². The van der Waals surface area contributed by atoms with Crippen LogP contribution in [-0.2, 0) is 0 Å². The summed E-state index contributed by atoms with van der Waals surface area (Å²) in [4.78, 5) is 0. The van der Waals surface area contributed by atoms with Gasteiger partial charge in [-0.25, -0.2) is 9.40 Å². The Kier molecular flexibility index (Phi) is 3.76. The van der Waals surface area contributed by atoms with E-state index in [4.69, 9.17) is 5.11 Å². The van der Waals surface area contributed by atoms with Crippen molar-refractivity contribution < 1.29 is 9.50 Å². The topological polar surface area (TPSA) is 35.5 Å². The van der Waals surface area contributed by atoms with Gasteiger partial charge in [0.05, 0.1) is 6.10 Å². The second-order valence-electron chi connectivity index (χ2n) is 2.87. The Morgan fingerprint density at radius 3 is 2.91 bits per heavy atom. The van der Waals surface area contributed by atoms with E-state index in [-0.39, 0.29) is 0 Å². The first-order valence-electron chi connectivity index (χ1n) is 4.05. The molecule has 0 bridgehead atoms. The zero-order chi connectivity index (χ0) is 8.10. The Hall–Kier alpha value is -0.190. The highest BCUT2D eigenvalue weighted by molar-refractivity contribution is 4.64. The van der Waals surface area contributed by atoms with Crippen LogP contribution in [0.5, 0.6) is 0 Å². The molecule has 1 atom stereocenters. The first kappa shape index (κ1) is 8.90. The molecule has 0 aromatic heterocycles. The minimum Gasteiger partial charge on any atom is -0.389 e. The molecule has 0 spiro atoms. The Bertz CT molecular complexity index is 107. The Balaban J connectivity index is 2.13. The Morgan fingerprint density at radius 1 is 1.55 bits per heavy atom. The van der Waals surface area contributed by atoms with Crippen molar-refractivity contribution in [3.05, 3.63) is 0 Å². The Labute approximate surface area is 66.2 Å². The molecule has 1 heterocycles. The van der Waals surface area contributed by atoms with E-state index in [1.165, 1.54) is 6.42 Å². The van der Waals surface area contributed by atoms with Gasteiger partial charge in [0.15, 0.2) is 0 Å². The number of alkyl halides is 1. The zero-order valence-electron chi connectivity index (χ0n) is 6.59. The smallest absolute Gasteiger partial charge is 0.117 e. The van der Waals surface area contributed by atoms with Crippen molar-refractivity contribution in [2.24, 2.45) is 0 Å². The van der Waals surface area contributed by atoms with Crippen molar-refractivity contribution in [3.63, 3.8) is 0 Å². The minimum atomic E-state index is -0.833. The molecular weight excluding hydrogens is 147 g/mol. The summed E-state index contributed by atoms with van der Waals surface area (Å²) >= 11 is 0. The third-order valence-electron chi connectivity index (χ3n) is 1.80. The van der Waals surface area contributed by atoms with E-state index in [0.717, 1.165) is 19.5 Å². The fourth-order valence-corrected chi connectivity index (χ4v) is 1.20. The molecule has 1 saturated heterocycles. The molecule has 1 aliphatic rings. The van der Waals surface area contributed by atoms with Crippen molar-refractivity contribution >= 4 is 0 Å². The summed E-state index contributed by atoms with van der Waals surface area (Å²) < 4.78 is 11.8. The van der Waals surface area contributed by atoms with E-state index in [1.807, 2.05) is 5.01 Å². The summed E-state index contributed by atoms with van der Waals surface area (Å²) in [5, 5.41) is 10.8. The predicted molar refractivity (Wildman–Crippen MR) is 40.8 cm³/mol. The van der Waals surface area contributed by atoms with Crippen LogP contribution in [0.1, 0.15) is 12.8 Å². The van der Waals surface area contributed by atoms with Gasteiger partial charge < -0.3 is 5.11 Å². The van der Waals surface area contributed by atoms with Gasteiger partial charge in [0.1, 0.15) is 6.67 Å². The maximum atomic E-state index is 11.8. The van der Waals surface area contributed by atoms with Gasteiger partial charge in [-0.05, 0) is 12.8 Å². The van der Waals surface area contributed by atoms with Gasteiger partial charge in [-0.1, -0.05) is 0 Å². The number of aliphatic hydroxyl groups is 1. The molecular formula is C7H15FN2O. The lowest BCUT2D eigenvalue weighted by Crippen LogP contribution is -2.47. The molecule has 0 amide bonds.